The highest BCUT2D eigenvalue weighted by Gasteiger charge is 2.42. The van der Waals surface area contributed by atoms with Gasteiger partial charge in [-0.3, -0.25) is 9.78 Å². The third-order valence-electron chi connectivity index (χ3n) is 5.33. The van der Waals surface area contributed by atoms with Crippen molar-refractivity contribution < 1.29 is 9.90 Å². The summed E-state index contributed by atoms with van der Waals surface area (Å²) in [5, 5.41) is 17.8. The maximum atomic E-state index is 12.5. The van der Waals surface area contributed by atoms with Crippen LogP contribution in [0.1, 0.15) is 18.4 Å². The largest absolute Gasteiger partial charge is 0.391 e. The van der Waals surface area contributed by atoms with Crippen LogP contribution in [0.25, 0.3) is 0 Å². The van der Waals surface area contributed by atoms with Crippen LogP contribution < -0.4 is 5.32 Å². The molecule has 25 heavy (non-hydrogen) atoms. The number of likely N-dealkylation sites (tertiary alicyclic amines) is 1. The Bertz CT molecular complexity index is 709. The van der Waals surface area contributed by atoms with Gasteiger partial charge in [-0.15, -0.1) is 0 Å². The molecule has 0 unspecified atom stereocenters. The van der Waals surface area contributed by atoms with Crippen molar-refractivity contribution >= 4 is 23.1 Å². The molecule has 2 aromatic rings. The maximum Gasteiger partial charge on any atom is 0.227 e. The Balaban J connectivity index is 1.37. The van der Waals surface area contributed by atoms with Gasteiger partial charge in [0, 0.05) is 25.5 Å². The van der Waals surface area contributed by atoms with E-state index in [0.717, 1.165) is 31.5 Å². The molecule has 1 saturated heterocycles. The van der Waals surface area contributed by atoms with Gasteiger partial charge >= 0.3 is 0 Å². The molecule has 4 rings (SSSR count). The van der Waals surface area contributed by atoms with E-state index in [-0.39, 0.29) is 11.9 Å². The Morgan fingerprint density at radius 1 is 1.32 bits per heavy atom. The van der Waals surface area contributed by atoms with E-state index >= 15 is 0 Å². The summed E-state index contributed by atoms with van der Waals surface area (Å²) in [4.78, 5) is 22.8. The van der Waals surface area contributed by atoms with E-state index in [2.05, 4.69) is 15.3 Å². The molecule has 0 aromatic carbocycles. The Labute approximate surface area is 150 Å². The van der Waals surface area contributed by atoms with Crippen molar-refractivity contribution in [1.29, 1.82) is 0 Å². The molecule has 6 nitrogen and oxygen atoms in total. The summed E-state index contributed by atoms with van der Waals surface area (Å²) in [7, 11) is 0. The summed E-state index contributed by atoms with van der Waals surface area (Å²) in [5.74, 6) is 1.71. The van der Waals surface area contributed by atoms with Crippen molar-refractivity contribution in [1.82, 2.24) is 14.9 Å². The first kappa shape index (κ1) is 16.5. The third-order valence-corrected chi connectivity index (χ3v) is 6.06. The molecule has 1 aliphatic carbocycles. The smallest absolute Gasteiger partial charge is 0.227 e. The van der Waals surface area contributed by atoms with Crippen LogP contribution in [-0.2, 0) is 11.2 Å². The Kier molecular flexibility index (Phi) is 4.67. The van der Waals surface area contributed by atoms with E-state index in [1.807, 2.05) is 21.7 Å². The molecule has 2 fully saturated rings. The Morgan fingerprint density at radius 2 is 2.16 bits per heavy atom. The first-order valence-electron chi connectivity index (χ1n) is 8.68. The fourth-order valence-electron chi connectivity index (χ4n) is 4.03. The third kappa shape index (κ3) is 3.67. The lowest BCUT2D eigenvalue weighted by Gasteiger charge is -2.35. The SMILES string of the molecule is O=C(Cc1ccsc1)N1C[C@H]2C[C@@H](Nc3cnccn3)[C@H](O)C[C@H]2C1. The molecule has 4 atom stereocenters. The van der Waals surface area contributed by atoms with Crippen molar-refractivity contribution in [2.45, 2.75) is 31.4 Å². The quantitative estimate of drug-likeness (QED) is 0.871. The van der Waals surface area contributed by atoms with Gasteiger partial charge in [0.25, 0.3) is 0 Å². The summed E-state index contributed by atoms with van der Waals surface area (Å²) >= 11 is 1.62. The molecule has 1 amide bonds. The summed E-state index contributed by atoms with van der Waals surface area (Å²) < 4.78 is 0. The van der Waals surface area contributed by atoms with Crippen LogP contribution in [-0.4, -0.2) is 51.1 Å². The van der Waals surface area contributed by atoms with Crippen LogP contribution in [0, 0.1) is 11.8 Å². The first-order valence-corrected chi connectivity index (χ1v) is 9.63. The molecule has 7 heteroatoms. The normalized spacial score (nSPS) is 28.6. The number of carbonyl (C=O) groups is 1. The van der Waals surface area contributed by atoms with Crippen molar-refractivity contribution in [3.8, 4) is 0 Å². The number of aliphatic hydroxyl groups is 1. The summed E-state index contributed by atoms with van der Waals surface area (Å²) in [5.41, 5.74) is 1.09. The molecule has 2 aliphatic rings. The predicted octanol–water partition coefficient (Wildman–Crippen LogP) is 1.79. The van der Waals surface area contributed by atoms with Crippen molar-refractivity contribution in [2.24, 2.45) is 11.8 Å². The number of hydrogen-bond donors (Lipinski definition) is 2. The zero-order valence-corrected chi connectivity index (χ0v) is 14.7. The van der Waals surface area contributed by atoms with Gasteiger partial charge in [-0.2, -0.15) is 11.3 Å². The number of hydrogen-bond acceptors (Lipinski definition) is 6. The number of nitrogens with one attached hydrogen (secondary N) is 1. The standard InChI is InChI=1S/C18H22N4O2S/c23-16-7-14-10-22(18(24)5-12-1-4-25-11-12)9-13(14)6-15(16)21-17-8-19-2-3-20-17/h1-4,8,11,13-16,23H,5-7,9-10H2,(H,20,21)/t13-,14+,15-,16-/m1/s1. The number of amides is 1. The van der Waals surface area contributed by atoms with Gasteiger partial charge in [-0.25, -0.2) is 4.98 Å². The second-order valence-corrected chi connectivity index (χ2v) is 7.79. The van der Waals surface area contributed by atoms with Gasteiger partial charge in [0.2, 0.25) is 5.91 Å². The zero-order valence-electron chi connectivity index (χ0n) is 13.9. The molecule has 0 radical (unpaired) electrons. The van der Waals surface area contributed by atoms with Crippen LogP contribution in [0.2, 0.25) is 0 Å². The summed E-state index contributed by atoms with van der Waals surface area (Å²) in [6.07, 6.45) is 6.58. The molecule has 0 bridgehead atoms. The zero-order chi connectivity index (χ0) is 17.2. The molecule has 1 saturated carbocycles. The first-order chi connectivity index (χ1) is 12.2. The van der Waals surface area contributed by atoms with E-state index in [0.29, 0.717) is 24.1 Å². The van der Waals surface area contributed by atoms with Gasteiger partial charge < -0.3 is 15.3 Å². The van der Waals surface area contributed by atoms with Crippen LogP contribution in [0.5, 0.6) is 0 Å². The van der Waals surface area contributed by atoms with E-state index in [1.165, 1.54) is 0 Å². The fraction of sp³-hybridized carbons (Fsp3) is 0.500. The number of carbonyl (C=O) groups excluding carboxylic acids is 1. The number of nitrogens with zero attached hydrogens (tertiary/aromatic N) is 3. The van der Waals surface area contributed by atoms with Gasteiger partial charge in [-0.1, -0.05) is 0 Å². The summed E-state index contributed by atoms with van der Waals surface area (Å²) in [6, 6.07) is 1.97. The Hall–Kier alpha value is -1.99. The predicted molar refractivity (Wildman–Crippen MR) is 96.3 cm³/mol. The lowest BCUT2D eigenvalue weighted by Crippen LogP contribution is -2.43. The Morgan fingerprint density at radius 3 is 2.88 bits per heavy atom. The molecule has 0 spiro atoms. The maximum absolute atomic E-state index is 12.5. The van der Waals surface area contributed by atoms with Crippen LogP contribution in [0.3, 0.4) is 0 Å². The minimum absolute atomic E-state index is 0.0372. The number of thiophene rings is 1. The van der Waals surface area contributed by atoms with E-state index in [9.17, 15) is 9.90 Å². The lowest BCUT2D eigenvalue weighted by atomic mass is 9.77. The van der Waals surface area contributed by atoms with E-state index < -0.39 is 6.10 Å². The number of aromatic nitrogens is 2. The second kappa shape index (κ2) is 7.09. The van der Waals surface area contributed by atoms with Gasteiger partial charge in [0.15, 0.2) is 0 Å². The molecule has 2 N–H and O–H groups in total. The van der Waals surface area contributed by atoms with Crippen molar-refractivity contribution in [3.63, 3.8) is 0 Å². The molecule has 3 heterocycles. The number of rotatable bonds is 4. The van der Waals surface area contributed by atoms with Gasteiger partial charge in [0.05, 0.1) is 24.8 Å². The van der Waals surface area contributed by atoms with E-state index in [1.54, 1.807) is 29.9 Å². The lowest BCUT2D eigenvalue weighted by molar-refractivity contribution is -0.129. The second-order valence-electron chi connectivity index (χ2n) is 7.01. The molecule has 132 valence electrons. The number of aliphatic hydroxyl groups excluding tert-OH is 1. The minimum atomic E-state index is -0.421. The van der Waals surface area contributed by atoms with Crippen molar-refractivity contribution in [2.75, 3.05) is 18.4 Å². The van der Waals surface area contributed by atoms with Gasteiger partial charge in [-0.05, 0) is 47.1 Å². The van der Waals surface area contributed by atoms with E-state index in [4.69, 9.17) is 0 Å². The van der Waals surface area contributed by atoms with Crippen molar-refractivity contribution in [3.05, 3.63) is 41.0 Å². The number of fused-ring (bicyclic) bond motifs is 1. The molecular formula is C18H22N4O2S. The monoisotopic (exact) mass is 358 g/mol. The van der Waals surface area contributed by atoms with Crippen LogP contribution in [0.4, 0.5) is 5.82 Å². The highest BCUT2D eigenvalue weighted by Crippen LogP contribution is 2.37. The topological polar surface area (TPSA) is 78.4 Å². The van der Waals surface area contributed by atoms with Crippen LogP contribution >= 0.6 is 11.3 Å². The molecule has 2 aromatic heterocycles. The molecular weight excluding hydrogens is 336 g/mol. The number of anilines is 1. The molecule has 1 aliphatic heterocycles. The van der Waals surface area contributed by atoms with Crippen LogP contribution in [0.15, 0.2) is 35.4 Å². The van der Waals surface area contributed by atoms with Gasteiger partial charge in [0.1, 0.15) is 5.82 Å². The minimum Gasteiger partial charge on any atom is -0.391 e. The highest BCUT2D eigenvalue weighted by atomic mass is 32.1. The average molecular weight is 358 g/mol. The summed E-state index contributed by atoms with van der Waals surface area (Å²) in [6.45, 7) is 1.56. The highest BCUT2D eigenvalue weighted by molar-refractivity contribution is 7.08. The fourth-order valence-corrected chi connectivity index (χ4v) is 4.70. The average Bonchev–Trinajstić information content (AvgIpc) is 3.25.